The van der Waals surface area contributed by atoms with E-state index in [1.54, 1.807) is 0 Å². The Morgan fingerprint density at radius 3 is 2.73 bits per heavy atom. The summed E-state index contributed by atoms with van der Waals surface area (Å²) in [5, 5.41) is 0. The normalized spacial score (nSPS) is 23.3. The Morgan fingerprint density at radius 2 is 2.20 bits per heavy atom. The Kier molecular flexibility index (Phi) is 4.16. The Labute approximate surface area is 92.4 Å². The van der Waals surface area contributed by atoms with E-state index in [-0.39, 0.29) is 11.9 Å². The van der Waals surface area contributed by atoms with E-state index >= 15 is 0 Å². The number of piperazine rings is 1. The van der Waals surface area contributed by atoms with Gasteiger partial charge in [0.15, 0.2) is 0 Å². The van der Waals surface area contributed by atoms with Gasteiger partial charge in [0.05, 0.1) is 12.6 Å². The van der Waals surface area contributed by atoms with Crippen molar-refractivity contribution in [3.63, 3.8) is 0 Å². The van der Waals surface area contributed by atoms with Crippen molar-refractivity contribution in [1.82, 2.24) is 9.80 Å². The van der Waals surface area contributed by atoms with Gasteiger partial charge in [0.25, 0.3) is 0 Å². The molecular formula is C12H20N2O. The maximum atomic E-state index is 12.0. The van der Waals surface area contributed by atoms with E-state index in [1.807, 2.05) is 11.8 Å². The zero-order valence-electron chi connectivity index (χ0n) is 9.86. The van der Waals surface area contributed by atoms with Crippen molar-refractivity contribution in [2.24, 2.45) is 5.92 Å². The van der Waals surface area contributed by atoms with Crippen molar-refractivity contribution >= 4 is 5.91 Å². The zero-order valence-corrected chi connectivity index (χ0v) is 9.86. The van der Waals surface area contributed by atoms with Crippen LogP contribution in [0.25, 0.3) is 0 Å². The van der Waals surface area contributed by atoms with Crippen molar-refractivity contribution in [3.05, 3.63) is 0 Å². The average molecular weight is 208 g/mol. The second kappa shape index (κ2) is 5.18. The van der Waals surface area contributed by atoms with Gasteiger partial charge in [-0.2, -0.15) is 0 Å². The van der Waals surface area contributed by atoms with Crippen LogP contribution in [0.1, 0.15) is 20.8 Å². The molecule has 0 bridgehead atoms. The Hall–Kier alpha value is -1.01. The van der Waals surface area contributed by atoms with Crippen molar-refractivity contribution in [2.75, 3.05) is 26.2 Å². The zero-order chi connectivity index (χ0) is 11.4. The predicted molar refractivity (Wildman–Crippen MR) is 61.3 cm³/mol. The van der Waals surface area contributed by atoms with E-state index in [4.69, 9.17) is 6.42 Å². The lowest BCUT2D eigenvalue weighted by atomic mass is 10.1. The Balaban J connectivity index is 2.57. The minimum Gasteiger partial charge on any atom is -0.340 e. The molecule has 1 aliphatic heterocycles. The van der Waals surface area contributed by atoms with Gasteiger partial charge in [0, 0.05) is 19.6 Å². The maximum Gasteiger partial charge on any atom is 0.239 e. The molecule has 0 aliphatic carbocycles. The van der Waals surface area contributed by atoms with Gasteiger partial charge in [0.2, 0.25) is 5.91 Å². The van der Waals surface area contributed by atoms with E-state index in [2.05, 4.69) is 24.7 Å². The molecule has 1 amide bonds. The van der Waals surface area contributed by atoms with Crippen molar-refractivity contribution < 1.29 is 4.79 Å². The summed E-state index contributed by atoms with van der Waals surface area (Å²) in [6.07, 6.45) is 5.27. The van der Waals surface area contributed by atoms with Crippen molar-refractivity contribution in [1.29, 1.82) is 0 Å². The van der Waals surface area contributed by atoms with Gasteiger partial charge < -0.3 is 4.90 Å². The molecule has 1 aliphatic rings. The fraction of sp³-hybridized carbons (Fsp3) is 0.750. The number of carbonyl (C=O) groups excluding carboxylic acids is 1. The minimum absolute atomic E-state index is 0.0615. The second-order valence-corrected chi connectivity index (χ2v) is 4.53. The van der Waals surface area contributed by atoms with Crippen LogP contribution in [0.15, 0.2) is 0 Å². The third kappa shape index (κ3) is 2.97. The van der Waals surface area contributed by atoms with Crippen LogP contribution in [0.2, 0.25) is 0 Å². The summed E-state index contributed by atoms with van der Waals surface area (Å²) in [4.78, 5) is 16.0. The first-order chi connectivity index (χ1) is 7.06. The van der Waals surface area contributed by atoms with E-state index in [1.165, 1.54) is 0 Å². The molecule has 1 heterocycles. The summed E-state index contributed by atoms with van der Waals surface area (Å²) in [6.45, 7) is 9.33. The number of nitrogens with zero attached hydrogens (tertiary/aromatic N) is 2. The first-order valence-electron chi connectivity index (χ1n) is 5.52. The Bertz CT molecular complexity index is 267. The molecule has 84 valence electrons. The highest BCUT2D eigenvalue weighted by Crippen LogP contribution is 2.12. The van der Waals surface area contributed by atoms with Crippen molar-refractivity contribution in [2.45, 2.75) is 26.8 Å². The van der Waals surface area contributed by atoms with E-state index in [9.17, 15) is 4.79 Å². The lowest BCUT2D eigenvalue weighted by Gasteiger charge is -2.38. The van der Waals surface area contributed by atoms with Gasteiger partial charge in [0.1, 0.15) is 0 Å². The highest BCUT2D eigenvalue weighted by atomic mass is 16.2. The molecule has 0 spiro atoms. The van der Waals surface area contributed by atoms with Crippen LogP contribution in [0.5, 0.6) is 0 Å². The molecule has 1 unspecified atom stereocenters. The lowest BCUT2D eigenvalue weighted by Crippen LogP contribution is -2.56. The summed E-state index contributed by atoms with van der Waals surface area (Å²) in [5.74, 6) is 3.34. The molecule has 0 aromatic carbocycles. The smallest absolute Gasteiger partial charge is 0.239 e. The molecule has 0 N–H and O–H groups in total. The second-order valence-electron chi connectivity index (χ2n) is 4.53. The lowest BCUT2D eigenvalue weighted by molar-refractivity contribution is -0.141. The molecule has 0 aromatic rings. The van der Waals surface area contributed by atoms with Gasteiger partial charge in [-0.15, -0.1) is 6.42 Å². The van der Waals surface area contributed by atoms with E-state index < -0.39 is 0 Å². The molecule has 0 aromatic heterocycles. The quantitative estimate of drug-likeness (QED) is 0.641. The summed E-state index contributed by atoms with van der Waals surface area (Å²) < 4.78 is 0. The third-order valence-corrected chi connectivity index (χ3v) is 2.75. The van der Waals surface area contributed by atoms with Gasteiger partial charge in [-0.3, -0.25) is 9.69 Å². The number of rotatable bonds is 3. The number of terminal acetylenes is 1. The van der Waals surface area contributed by atoms with Crippen LogP contribution in [0.4, 0.5) is 0 Å². The standard InChI is InChI=1S/C12H20N2O/c1-5-6-13-7-8-14(9-10(2)3)12(15)11(13)4/h1,10-11H,6-9H2,2-4H3. The molecule has 1 saturated heterocycles. The molecular weight excluding hydrogens is 188 g/mol. The van der Waals surface area contributed by atoms with Crippen LogP contribution in [0, 0.1) is 18.3 Å². The van der Waals surface area contributed by atoms with Crippen molar-refractivity contribution in [3.8, 4) is 12.3 Å². The van der Waals surface area contributed by atoms with Gasteiger partial charge in [-0.05, 0) is 12.8 Å². The SMILES string of the molecule is C#CCN1CCN(CC(C)C)C(=O)C1C. The molecule has 0 radical (unpaired) electrons. The summed E-state index contributed by atoms with van der Waals surface area (Å²) in [5.41, 5.74) is 0. The largest absolute Gasteiger partial charge is 0.340 e. The first-order valence-corrected chi connectivity index (χ1v) is 5.52. The number of hydrogen-bond acceptors (Lipinski definition) is 2. The molecule has 3 nitrogen and oxygen atoms in total. The first kappa shape index (κ1) is 12.1. The summed E-state index contributed by atoms with van der Waals surface area (Å²) in [6, 6.07) is -0.0615. The third-order valence-electron chi connectivity index (χ3n) is 2.75. The highest BCUT2D eigenvalue weighted by Gasteiger charge is 2.30. The monoisotopic (exact) mass is 208 g/mol. The van der Waals surface area contributed by atoms with Crippen LogP contribution in [-0.2, 0) is 4.79 Å². The average Bonchev–Trinajstić information content (AvgIpc) is 2.17. The van der Waals surface area contributed by atoms with Crippen LogP contribution in [-0.4, -0.2) is 47.9 Å². The van der Waals surface area contributed by atoms with Crippen LogP contribution in [0.3, 0.4) is 0 Å². The predicted octanol–water partition coefficient (Wildman–Crippen LogP) is 0.808. The summed E-state index contributed by atoms with van der Waals surface area (Å²) >= 11 is 0. The van der Waals surface area contributed by atoms with Gasteiger partial charge >= 0.3 is 0 Å². The van der Waals surface area contributed by atoms with Crippen LogP contribution >= 0.6 is 0 Å². The molecule has 1 fully saturated rings. The minimum atomic E-state index is -0.0615. The highest BCUT2D eigenvalue weighted by molar-refractivity contribution is 5.82. The summed E-state index contributed by atoms with van der Waals surface area (Å²) in [7, 11) is 0. The van der Waals surface area contributed by atoms with E-state index in [0.29, 0.717) is 12.5 Å². The number of hydrogen-bond donors (Lipinski definition) is 0. The maximum absolute atomic E-state index is 12.0. The topological polar surface area (TPSA) is 23.6 Å². The number of carbonyl (C=O) groups is 1. The van der Waals surface area contributed by atoms with Gasteiger partial charge in [-0.25, -0.2) is 0 Å². The fourth-order valence-corrected chi connectivity index (χ4v) is 1.93. The van der Waals surface area contributed by atoms with Crippen LogP contribution < -0.4 is 0 Å². The molecule has 0 saturated carbocycles. The van der Waals surface area contributed by atoms with Gasteiger partial charge in [-0.1, -0.05) is 19.8 Å². The molecule has 1 rings (SSSR count). The Morgan fingerprint density at radius 1 is 1.53 bits per heavy atom. The molecule has 15 heavy (non-hydrogen) atoms. The number of amides is 1. The fourth-order valence-electron chi connectivity index (χ4n) is 1.93. The molecule has 1 atom stereocenters. The molecule has 3 heteroatoms. The van der Waals surface area contributed by atoms with E-state index in [0.717, 1.165) is 19.6 Å².